The summed E-state index contributed by atoms with van der Waals surface area (Å²) >= 11 is 0. The van der Waals surface area contributed by atoms with Gasteiger partial charge in [-0.15, -0.1) is 5.10 Å². The summed E-state index contributed by atoms with van der Waals surface area (Å²) in [5, 5.41) is 30.2. The van der Waals surface area contributed by atoms with E-state index in [2.05, 4.69) is 31.6 Å². The Kier molecular flexibility index (Phi) is 12.6. The Morgan fingerprint density at radius 3 is 2.44 bits per heavy atom. The van der Waals surface area contributed by atoms with Gasteiger partial charge in [-0.05, 0) is 49.6 Å². The minimum atomic E-state index is -1.28. The smallest absolute Gasteiger partial charge is 0.326 e. The van der Waals surface area contributed by atoms with Crippen LogP contribution in [0.4, 0.5) is 0 Å². The third-order valence-corrected chi connectivity index (χ3v) is 10.8. The molecule has 2 aromatic carbocycles. The maximum absolute atomic E-state index is 14.7. The molecule has 0 unspecified atom stereocenters. The molecule has 6 atom stereocenters. The lowest BCUT2D eigenvalue weighted by atomic mass is 9.84. The Morgan fingerprint density at radius 2 is 1.74 bits per heavy atom. The van der Waals surface area contributed by atoms with Crippen LogP contribution in [0.1, 0.15) is 74.7 Å². The summed E-state index contributed by atoms with van der Waals surface area (Å²) in [6.45, 7) is 1.93. The molecule has 1 aliphatic carbocycles. The number of aliphatic carboxylic acids is 1. The van der Waals surface area contributed by atoms with Crippen molar-refractivity contribution in [2.45, 2.75) is 108 Å². The van der Waals surface area contributed by atoms with Crippen LogP contribution in [0.3, 0.4) is 0 Å². The number of carbonyl (C=O) groups is 5. The van der Waals surface area contributed by atoms with Gasteiger partial charge >= 0.3 is 5.97 Å². The van der Waals surface area contributed by atoms with Crippen LogP contribution in [-0.2, 0) is 43.4 Å². The lowest BCUT2D eigenvalue weighted by Gasteiger charge is -2.32. The topological polar surface area (TPSA) is 197 Å². The summed E-state index contributed by atoms with van der Waals surface area (Å²) in [4.78, 5) is 70.2. The number of fused-ring (bicyclic) bond motifs is 9. The zero-order valence-electron chi connectivity index (χ0n) is 30.8. The highest BCUT2D eigenvalue weighted by atomic mass is 16.5. The number of carboxylic acids is 1. The van der Waals surface area contributed by atoms with Crippen LogP contribution in [0.2, 0.25) is 0 Å². The fourth-order valence-corrected chi connectivity index (χ4v) is 7.58. The first-order valence-electron chi connectivity index (χ1n) is 18.9. The lowest BCUT2D eigenvalue weighted by molar-refractivity contribution is -0.143. The maximum Gasteiger partial charge on any atom is 0.326 e. The number of carboxylic acid groups (broad SMARTS) is 1. The van der Waals surface area contributed by atoms with E-state index in [9.17, 15) is 29.1 Å². The van der Waals surface area contributed by atoms with Crippen LogP contribution in [0.5, 0.6) is 5.75 Å². The third-order valence-electron chi connectivity index (χ3n) is 10.8. The van der Waals surface area contributed by atoms with Gasteiger partial charge in [0.1, 0.15) is 42.2 Å². The quantitative estimate of drug-likeness (QED) is 0.216. The second-order valence-electron chi connectivity index (χ2n) is 14.7. The van der Waals surface area contributed by atoms with Gasteiger partial charge in [0, 0.05) is 25.8 Å². The van der Waals surface area contributed by atoms with Gasteiger partial charge in [-0.3, -0.25) is 19.2 Å². The molecule has 15 nitrogen and oxygen atoms in total. The van der Waals surface area contributed by atoms with Gasteiger partial charge in [-0.25, -0.2) is 9.48 Å². The minimum absolute atomic E-state index is 0.00542. The highest BCUT2D eigenvalue weighted by Gasteiger charge is 2.44. The van der Waals surface area contributed by atoms with Crippen molar-refractivity contribution >= 4 is 29.6 Å². The zero-order chi connectivity index (χ0) is 38.2. The highest BCUT2D eigenvalue weighted by molar-refractivity contribution is 5.96. The first-order valence-corrected chi connectivity index (χ1v) is 18.9. The third kappa shape index (κ3) is 9.61. The first-order chi connectivity index (χ1) is 26.1. The van der Waals surface area contributed by atoms with E-state index in [4.69, 9.17) is 4.74 Å². The molecule has 5 N–H and O–H groups in total. The van der Waals surface area contributed by atoms with Crippen LogP contribution in [0, 0.1) is 5.92 Å². The number of nitrogens with zero attached hydrogens (tertiary/aromatic N) is 4. The molecule has 1 aromatic heterocycles. The Hall–Kier alpha value is -5.31. The second kappa shape index (κ2) is 17.7. The van der Waals surface area contributed by atoms with E-state index in [1.54, 1.807) is 49.1 Å². The van der Waals surface area contributed by atoms with Crippen LogP contribution >= 0.6 is 0 Å². The van der Waals surface area contributed by atoms with Crippen molar-refractivity contribution in [3.8, 4) is 5.75 Å². The summed E-state index contributed by atoms with van der Waals surface area (Å²) in [6.07, 6.45) is 7.56. The zero-order valence-corrected chi connectivity index (χ0v) is 30.8. The number of hydrogen-bond donors (Lipinski definition) is 5. The molecule has 15 heteroatoms. The van der Waals surface area contributed by atoms with E-state index < -0.39 is 54.0 Å². The molecule has 1 saturated heterocycles. The highest BCUT2D eigenvalue weighted by Crippen LogP contribution is 2.32. The normalized spacial score (nSPS) is 23.5. The standard InChI is InChI=1S/C39H50N8O7/c1-24(40-2)35(48)42-32(18-26-11-7-4-8-12-26)38(51)46-22-29-20-34(46)37(50)41-31(17-25-9-5-3-6-10-25)36(49)43-33(39(52)53)19-27-13-15-30(16-14-27)54-23-28-21-47(29)45-44-28/h3,5-6,9-10,13-16,21,24,26,29,31-34,40H,4,7-8,11-12,17-20,22-23H2,1-2H3,(H,41,50)(H,42,48)(H,43,49)(H,52,53)/t24-,29-,31-,32-,33-,34-/m0/s1. The Bertz CT molecular complexity index is 1780. The van der Waals surface area contributed by atoms with Gasteiger partial charge in [0.05, 0.1) is 18.3 Å². The number of likely N-dealkylation sites (tertiary alicyclic amines) is 1. The summed E-state index contributed by atoms with van der Waals surface area (Å²) in [5.74, 6) is -2.40. The maximum atomic E-state index is 14.7. The van der Waals surface area contributed by atoms with Crippen molar-refractivity contribution in [2.24, 2.45) is 5.92 Å². The SMILES string of the molecule is CN[C@@H](C)C(=O)N[C@@H](CC1CCCCC1)C(=O)N1C[C@@H]2C[C@H]1C(=O)N[C@@H](Cc1ccccc1)C(=O)N[C@H](C(=O)O)Cc1ccc(cc1)OCc1cn2nn1. The van der Waals surface area contributed by atoms with Gasteiger partial charge in [0.2, 0.25) is 23.6 Å². The summed E-state index contributed by atoms with van der Waals surface area (Å²) < 4.78 is 7.56. The van der Waals surface area contributed by atoms with Crippen LogP contribution in [0.25, 0.3) is 0 Å². The van der Waals surface area contributed by atoms with E-state index in [0.717, 1.165) is 37.7 Å². The first kappa shape index (κ1) is 38.4. The molecular formula is C39H50N8O7. The number of benzene rings is 2. The number of carbonyl (C=O) groups excluding carboxylic acids is 4. The van der Waals surface area contributed by atoms with Gasteiger partial charge in [-0.2, -0.15) is 0 Å². The van der Waals surface area contributed by atoms with Crippen molar-refractivity contribution < 1.29 is 33.8 Å². The molecule has 6 bridgehead atoms. The molecule has 288 valence electrons. The number of amides is 4. The molecule has 0 radical (unpaired) electrons. The molecule has 0 spiro atoms. The molecule has 3 aromatic rings. The molecule has 2 fully saturated rings. The Morgan fingerprint density at radius 1 is 1.00 bits per heavy atom. The molecule has 3 aliphatic heterocycles. The molecule has 54 heavy (non-hydrogen) atoms. The van der Waals surface area contributed by atoms with Crippen molar-refractivity contribution in [3.63, 3.8) is 0 Å². The predicted octanol–water partition coefficient (Wildman–Crippen LogP) is 1.92. The van der Waals surface area contributed by atoms with Crippen molar-refractivity contribution in [1.29, 1.82) is 0 Å². The fourth-order valence-electron chi connectivity index (χ4n) is 7.58. The monoisotopic (exact) mass is 742 g/mol. The lowest BCUT2D eigenvalue weighted by Crippen LogP contribution is -2.58. The van der Waals surface area contributed by atoms with Gasteiger partial charge in [0.15, 0.2) is 0 Å². The molecule has 4 heterocycles. The fraction of sp³-hybridized carbons (Fsp3) is 0.513. The number of ether oxygens (including phenoxy) is 1. The van der Waals surface area contributed by atoms with Gasteiger partial charge in [-0.1, -0.05) is 79.8 Å². The largest absolute Gasteiger partial charge is 0.487 e. The number of rotatable bonds is 9. The molecule has 4 amide bonds. The number of likely N-dealkylation sites (N-methyl/N-ethyl adjacent to an activating group) is 1. The van der Waals surface area contributed by atoms with Crippen LogP contribution in [0.15, 0.2) is 60.8 Å². The number of hydrogen-bond acceptors (Lipinski definition) is 9. The van der Waals surface area contributed by atoms with Gasteiger partial charge < -0.3 is 36.0 Å². The van der Waals surface area contributed by atoms with Crippen LogP contribution in [-0.4, -0.2) is 98.4 Å². The molecule has 4 aliphatic rings. The minimum Gasteiger partial charge on any atom is -0.487 e. The summed E-state index contributed by atoms with van der Waals surface area (Å²) in [6, 6.07) is 10.7. The van der Waals surface area contributed by atoms with Gasteiger partial charge in [0.25, 0.3) is 0 Å². The number of aromatic nitrogens is 3. The van der Waals surface area contributed by atoms with E-state index in [1.165, 1.54) is 4.90 Å². The Balaban J connectivity index is 1.34. The average molecular weight is 743 g/mol. The Labute approximate surface area is 314 Å². The second-order valence-corrected chi connectivity index (χ2v) is 14.7. The molecule has 7 rings (SSSR count). The van der Waals surface area contributed by atoms with Crippen molar-refractivity contribution in [2.75, 3.05) is 13.6 Å². The summed E-state index contributed by atoms with van der Waals surface area (Å²) in [7, 11) is 1.67. The van der Waals surface area contributed by atoms with E-state index in [1.807, 2.05) is 30.3 Å². The summed E-state index contributed by atoms with van der Waals surface area (Å²) in [5.41, 5.74) is 1.95. The van der Waals surface area contributed by atoms with Crippen LogP contribution < -0.4 is 26.0 Å². The molecular weight excluding hydrogens is 692 g/mol. The van der Waals surface area contributed by atoms with E-state index >= 15 is 0 Å². The van der Waals surface area contributed by atoms with Crippen molar-refractivity contribution in [1.82, 2.24) is 41.2 Å². The number of nitrogens with one attached hydrogen (secondary N) is 4. The van der Waals surface area contributed by atoms with E-state index in [0.29, 0.717) is 23.4 Å². The molecule has 1 saturated carbocycles. The average Bonchev–Trinajstić information content (AvgIpc) is 3.85. The van der Waals surface area contributed by atoms with E-state index in [-0.39, 0.29) is 50.1 Å². The predicted molar refractivity (Wildman–Crippen MR) is 197 cm³/mol. The van der Waals surface area contributed by atoms with Crippen molar-refractivity contribution in [3.05, 3.63) is 77.6 Å².